The van der Waals surface area contributed by atoms with Gasteiger partial charge < -0.3 is 5.32 Å². The number of barbiturate groups is 1. The van der Waals surface area contributed by atoms with E-state index in [9.17, 15) is 14.4 Å². The molecule has 3 N–H and O–H groups in total. The summed E-state index contributed by atoms with van der Waals surface area (Å²) in [6.45, 7) is 4.02. The van der Waals surface area contributed by atoms with Gasteiger partial charge in [-0.15, -0.1) is 0 Å². The van der Waals surface area contributed by atoms with Crippen LogP contribution in [0.1, 0.15) is 64.4 Å². The molecule has 0 spiro atoms. The molecule has 1 atom stereocenters. The molecule has 0 radical (unpaired) electrons. The fourth-order valence-corrected chi connectivity index (χ4v) is 4.10. The van der Waals surface area contributed by atoms with Crippen molar-refractivity contribution in [3.8, 4) is 0 Å². The van der Waals surface area contributed by atoms with E-state index in [1.165, 1.54) is 38.5 Å². The van der Waals surface area contributed by atoms with E-state index in [2.05, 4.69) is 29.9 Å². The van der Waals surface area contributed by atoms with Gasteiger partial charge in [0.15, 0.2) is 5.41 Å². The van der Waals surface area contributed by atoms with Gasteiger partial charge in [-0.05, 0) is 38.3 Å². The van der Waals surface area contributed by atoms with Crippen LogP contribution in [0.25, 0.3) is 0 Å². The second kappa shape index (κ2) is 10.4. The van der Waals surface area contributed by atoms with Gasteiger partial charge in [0.25, 0.3) is 0 Å². The molecule has 0 bridgehead atoms. The van der Waals surface area contributed by atoms with E-state index in [1.807, 2.05) is 0 Å². The van der Waals surface area contributed by atoms with E-state index < -0.39 is 23.3 Å². The highest BCUT2D eigenvalue weighted by Gasteiger charge is 2.50. The molecule has 6 heteroatoms. The standard InChI is InChI=1S/C12H12N2O3.C10H21N/c1-2-12(8-6-4-3-5-7-8)9(15)13-11(17)14-10(12)16;1-9(11-2)8-10-6-4-3-5-7-10/h3-7H,2H2,1H3,(H2,13,14,15,16,17);9-11H,3-8H2,1-2H3. The van der Waals surface area contributed by atoms with Crippen LogP contribution >= 0.6 is 0 Å². The zero-order chi connectivity index (χ0) is 20.6. The first-order valence-corrected chi connectivity index (χ1v) is 10.3. The largest absolute Gasteiger partial charge is 0.328 e. The van der Waals surface area contributed by atoms with Gasteiger partial charge >= 0.3 is 6.03 Å². The van der Waals surface area contributed by atoms with Crippen molar-refractivity contribution in [3.63, 3.8) is 0 Å². The summed E-state index contributed by atoms with van der Waals surface area (Å²) in [6, 6.07) is 8.68. The van der Waals surface area contributed by atoms with E-state index in [-0.39, 0.29) is 0 Å². The molecule has 1 saturated heterocycles. The summed E-state index contributed by atoms with van der Waals surface area (Å²) < 4.78 is 0. The zero-order valence-corrected chi connectivity index (χ0v) is 17.2. The maximum atomic E-state index is 12.0. The highest BCUT2D eigenvalue weighted by Crippen LogP contribution is 2.30. The number of carbonyl (C=O) groups is 3. The first-order valence-electron chi connectivity index (χ1n) is 10.3. The Morgan fingerprint density at radius 3 is 2.11 bits per heavy atom. The monoisotopic (exact) mass is 387 g/mol. The van der Waals surface area contributed by atoms with Crippen molar-refractivity contribution in [2.45, 2.75) is 70.3 Å². The number of imide groups is 2. The Kier molecular flexibility index (Phi) is 8.18. The summed E-state index contributed by atoms with van der Waals surface area (Å²) in [6.07, 6.45) is 9.06. The molecule has 2 fully saturated rings. The lowest BCUT2D eigenvalue weighted by Gasteiger charge is -2.33. The number of benzene rings is 1. The minimum atomic E-state index is -1.31. The zero-order valence-electron chi connectivity index (χ0n) is 17.2. The minimum absolute atomic E-state index is 0.294. The topological polar surface area (TPSA) is 87.3 Å². The van der Waals surface area contributed by atoms with Crippen molar-refractivity contribution in [2.75, 3.05) is 7.05 Å². The van der Waals surface area contributed by atoms with E-state index in [4.69, 9.17) is 0 Å². The number of hydrogen-bond acceptors (Lipinski definition) is 4. The number of carbonyl (C=O) groups excluding carboxylic acids is 3. The summed E-state index contributed by atoms with van der Waals surface area (Å²) in [5, 5.41) is 7.59. The van der Waals surface area contributed by atoms with Crippen LogP contribution in [0.2, 0.25) is 0 Å². The number of nitrogens with one attached hydrogen (secondary N) is 3. The minimum Gasteiger partial charge on any atom is -0.317 e. The quantitative estimate of drug-likeness (QED) is 0.677. The maximum absolute atomic E-state index is 12.0. The smallest absolute Gasteiger partial charge is 0.317 e. The van der Waals surface area contributed by atoms with Crippen molar-refractivity contribution in [1.82, 2.24) is 16.0 Å². The van der Waals surface area contributed by atoms with Crippen molar-refractivity contribution >= 4 is 17.8 Å². The first kappa shape index (κ1) is 22.1. The molecule has 1 aromatic rings. The first-order chi connectivity index (χ1) is 13.4. The molecule has 3 rings (SSSR count). The van der Waals surface area contributed by atoms with Crippen LogP contribution in [0.4, 0.5) is 4.79 Å². The molecule has 28 heavy (non-hydrogen) atoms. The van der Waals surface area contributed by atoms with Crippen LogP contribution in [0.15, 0.2) is 30.3 Å². The third-order valence-corrected chi connectivity index (χ3v) is 5.93. The van der Waals surface area contributed by atoms with Gasteiger partial charge in [-0.2, -0.15) is 0 Å². The molecular formula is C22H33N3O3. The Morgan fingerprint density at radius 1 is 1.04 bits per heavy atom. The molecular weight excluding hydrogens is 354 g/mol. The number of amides is 4. The lowest BCUT2D eigenvalue weighted by molar-refractivity contribution is -0.138. The lowest BCUT2D eigenvalue weighted by atomic mass is 9.75. The van der Waals surface area contributed by atoms with Crippen LogP contribution in [-0.2, 0) is 15.0 Å². The predicted octanol–water partition coefficient (Wildman–Crippen LogP) is 3.27. The van der Waals surface area contributed by atoms with Crippen molar-refractivity contribution < 1.29 is 14.4 Å². The van der Waals surface area contributed by atoms with Crippen LogP contribution in [0.3, 0.4) is 0 Å². The lowest BCUT2D eigenvalue weighted by Crippen LogP contribution is -2.64. The molecule has 6 nitrogen and oxygen atoms in total. The molecule has 1 aliphatic carbocycles. The summed E-state index contributed by atoms with van der Waals surface area (Å²) in [5.41, 5.74) is -0.722. The number of rotatable bonds is 5. The Hall–Kier alpha value is -2.21. The van der Waals surface area contributed by atoms with Crippen LogP contribution in [0, 0.1) is 5.92 Å². The highest BCUT2D eigenvalue weighted by atomic mass is 16.2. The van der Waals surface area contributed by atoms with Gasteiger partial charge in [-0.25, -0.2) is 4.79 Å². The van der Waals surface area contributed by atoms with E-state index in [0.29, 0.717) is 12.0 Å². The number of urea groups is 1. The van der Waals surface area contributed by atoms with Crippen molar-refractivity contribution in [3.05, 3.63) is 35.9 Å². The third-order valence-electron chi connectivity index (χ3n) is 5.93. The van der Waals surface area contributed by atoms with Crippen LogP contribution in [0.5, 0.6) is 0 Å². The Bertz CT molecular complexity index is 649. The molecule has 2 aliphatic rings. The summed E-state index contributed by atoms with van der Waals surface area (Å²) in [7, 11) is 2.06. The molecule has 1 unspecified atom stereocenters. The van der Waals surface area contributed by atoms with E-state index in [0.717, 1.165) is 12.0 Å². The average Bonchev–Trinajstić information content (AvgIpc) is 2.70. The maximum Gasteiger partial charge on any atom is 0.328 e. The predicted molar refractivity (Wildman–Crippen MR) is 110 cm³/mol. The average molecular weight is 388 g/mol. The normalized spacial score (nSPS) is 20.5. The highest BCUT2D eigenvalue weighted by molar-refractivity contribution is 6.22. The summed E-state index contributed by atoms with van der Waals surface area (Å²) >= 11 is 0. The van der Waals surface area contributed by atoms with Gasteiger partial charge in [-0.3, -0.25) is 20.2 Å². The molecule has 4 amide bonds. The molecule has 1 aliphatic heterocycles. The van der Waals surface area contributed by atoms with Gasteiger partial charge in [0.2, 0.25) is 11.8 Å². The molecule has 1 heterocycles. The Labute approximate surface area is 167 Å². The van der Waals surface area contributed by atoms with Crippen molar-refractivity contribution in [2.24, 2.45) is 5.92 Å². The fourth-order valence-electron chi connectivity index (χ4n) is 4.10. The second-order valence-corrected chi connectivity index (χ2v) is 7.79. The molecule has 0 aromatic heterocycles. The second-order valence-electron chi connectivity index (χ2n) is 7.79. The Morgan fingerprint density at radius 2 is 1.61 bits per heavy atom. The number of hydrogen-bond donors (Lipinski definition) is 3. The SMILES string of the molecule is CCC1(c2ccccc2)C(=O)NC(=O)NC1=O.CNC(C)CC1CCCCC1. The van der Waals surface area contributed by atoms with Gasteiger partial charge in [0, 0.05) is 6.04 Å². The summed E-state index contributed by atoms with van der Waals surface area (Å²) in [4.78, 5) is 35.0. The van der Waals surface area contributed by atoms with Crippen LogP contribution < -0.4 is 16.0 Å². The third kappa shape index (κ3) is 5.19. The Balaban J connectivity index is 0.000000221. The van der Waals surface area contributed by atoms with Gasteiger partial charge in [0.05, 0.1) is 0 Å². The molecule has 1 saturated carbocycles. The van der Waals surface area contributed by atoms with E-state index in [1.54, 1.807) is 37.3 Å². The molecule has 154 valence electrons. The van der Waals surface area contributed by atoms with Crippen molar-refractivity contribution in [1.29, 1.82) is 0 Å². The summed E-state index contributed by atoms with van der Waals surface area (Å²) in [5.74, 6) is -0.119. The van der Waals surface area contributed by atoms with Crippen LogP contribution in [-0.4, -0.2) is 30.9 Å². The van der Waals surface area contributed by atoms with Gasteiger partial charge in [0.1, 0.15) is 0 Å². The van der Waals surface area contributed by atoms with Gasteiger partial charge in [-0.1, -0.05) is 69.4 Å². The fraction of sp³-hybridized carbons (Fsp3) is 0.591. The molecule has 1 aromatic carbocycles. The van der Waals surface area contributed by atoms with E-state index >= 15 is 0 Å².